The third-order valence-electron chi connectivity index (χ3n) is 5.26. The molecule has 1 aliphatic heterocycles. The van der Waals surface area contributed by atoms with Crippen molar-refractivity contribution >= 4 is 17.3 Å². The van der Waals surface area contributed by atoms with Crippen LogP contribution >= 0.6 is 0 Å². The van der Waals surface area contributed by atoms with Crippen LogP contribution in [-0.2, 0) is 13.0 Å². The molecule has 5 nitrogen and oxygen atoms in total. The summed E-state index contributed by atoms with van der Waals surface area (Å²) < 4.78 is 18.6. The number of halogens is 1. The van der Waals surface area contributed by atoms with E-state index in [9.17, 15) is 9.18 Å². The first-order chi connectivity index (χ1) is 13.4. The van der Waals surface area contributed by atoms with Crippen LogP contribution < -0.4 is 10.2 Å². The number of nitrogens with zero attached hydrogens (tertiary/aromatic N) is 2. The molecule has 144 valence electrons. The molecular weight excluding hydrogens is 357 g/mol. The normalized spacial score (nSPS) is 13.4. The Bertz CT molecular complexity index is 1030. The highest BCUT2D eigenvalue weighted by atomic mass is 19.1. The van der Waals surface area contributed by atoms with Crippen molar-refractivity contribution in [3.05, 3.63) is 76.3 Å². The van der Waals surface area contributed by atoms with Gasteiger partial charge in [0.25, 0.3) is 5.91 Å². The Labute approximate surface area is 163 Å². The van der Waals surface area contributed by atoms with Gasteiger partial charge >= 0.3 is 0 Å². The summed E-state index contributed by atoms with van der Waals surface area (Å²) in [6.45, 7) is 7.26. The summed E-state index contributed by atoms with van der Waals surface area (Å²) in [5, 5.41) is 2.95. The van der Waals surface area contributed by atoms with Crippen molar-refractivity contribution in [2.45, 2.75) is 33.7 Å². The van der Waals surface area contributed by atoms with Crippen LogP contribution in [0.25, 0.3) is 0 Å². The minimum absolute atomic E-state index is 0.179. The van der Waals surface area contributed by atoms with Gasteiger partial charge in [-0.3, -0.25) is 4.79 Å². The van der Waals surface area contributed by atoms with Gasteiger partial charge in [-0.2, -0.15) is 0 Å². The standard InChI is InChI=1S/C22H22FN3O2/c1-13-8-19(26-7-6-16-10-18(23)5-4-17(16)11-26)9-14(2)20(13)25-22(27)21-15(3)28-12-24-21/h4-5,8-10,12H,6-7,11H2,1-3H3,(H,25,27). The number of carbonyl (C=O) groups excluding carboxylic acids is 1. The van der Waals surface area contributed by atoms with Crippen molar-refractivity contribution in [2.24, 2.45) is 0 Å². The lowest BCUT2D eigenvalue weighted by atomic mass is 9.98. The zero-order valence-corrected chi connectivity index (χ0v) is 16.2. The number of nitrogens with one attached hydrogen (secondary N) is 1. The fourth-order valence-electron chi connectivity index (χ4n) is 3.76. The maximum atomic E-state index is 13.4. The average Bonchev–Trinajstić information content (AvgIpc) is 3.10. The molecule has 1 aromatic heterocycles. The molecule has 0 atom stereocenters. The molecule has 1 amide bonds. The van der Waals surface area contributed by atoms with E-state index < -0.39 is 0 Å². The molecule has 0 unspecified atom stereocenters. The van der Waals surface area contributed by atoms with Crippen LogP contribution in [0.4, 0.5) is 15.8 Å². The van der Waals surface area contributed by atoms with Gasteiger partial charge in [0.15, 0.2) is 12.1 Å². The summed E-state index contributed by atoms with van der Waals surface area (Å²) in [4.78, 5) is 18.7. The average molecular weight is 379 g/mol. The first kappa shape index (κ1) is 18.2. The maximum absolute atomic E-state index is 13.4. The van der Waals surface area contributed by atoms with E-state index in [1.807, 2.05) is 19.9 Å². The van der Waals surface area contributed by atoms with Crippen LogP contribution in [0.2, 0.25) is 0 Å². The lowest BCUT2D eigenvalue weighted by Gasteiger charge is -2.31. The number of rotatable bonds is 3. The van der Waals surface area contributed by atoms with Crippen molar-refractivity contribution in [3.8, 4) is 0 Å². The van der Waals surface area contributed by atoms with E-state index >= 15 is 0 Å². The Morgan fingerprint density at radius 1 is 1.14 bits per heavy atom. The third kappa shape index (κ3) is 3.38. The minimum Gasteiger partial charge on any atom is -0.448 e. The predicted molar refractivity (Wildman–Crippen MR) is 106 cm³/mol. The lowest BCUT2D eigenvalue weighted by Crippen LogP contribution is -2.30. The molecule has 0 saturated carbocycles. The second kappa shape index (κ2) is 7.11. The summed E-state index contributed by atoms with van der Waals surface area (Å²) in [5.74, 6) is 0.0355. The number of oxazole rings is 1. The van der Waals surface area contributed by atoms with E-state index in [-0.39, 0.29) is 11.7 Å². The summed E-state index contributed by atoms with van der Waals surface area (Å²) in [7, 11) is 0. The second-order valence-corrected chi connectivity index (χ2v) is 7.25. The van der Waals surface area contributed by atoms with E-state index in [4.69, 9.17) is 4.42 Å². The van der Waals surface area contributed by atoms with Crippen LogP contribution in [0.5, 0.6) is 0 Å². The van der Waals surface area contributed by atoms with Gasteiger partial charge in [0, 0.05) is 24.5 Å². The summed E-state index contributed by atoms with van der Waals surface area (Å²) in [6.07, 6.45) is 2.09. The van der Waals surface area contributed by atoms with Crippen molar-refractivity contribution in [2.75, 3.05) is 16.8 Å². The molecule has 0 bridgehead atoms. The Morgan fingerprint density at radius 3 is 2.57 bits per heavy atom. The van der Waals surface area contributed by atoms with Crippen LogP contribution in [-0.4, -0.2) is 17.4 Å². The molecule has 3 aromatic rings. The van der Waals surface area contributed by atoms with Crippen molar-refractivity contribution in [1.29, 1.82) is 0 Å². The van der Waals surface area contributed by atoms with Crippen molar-refractivity contribution in [1.82, 2.24) is 4.98 Å². The minimum atomic E-state index is -0.279. The number of fused-ring (bicyclic) bond motifs is 1. The second-order valence-electron chi connectivity index (χ2n) is 7.25. The van der Waals surface area contributed by atoms with E-state index in [2.05, 4.69) is 27.3 Å². The molecule has 0 spiro atoms. The Balaban J connectivity index is 1.57. The van der Waals surface area contributed by atoms with Gasteiger partial charge in [-0.1, -0.05) is 6.07 Å². The van der Waals surface area contributed by atoms with Crippen LogP contribution in [0.15, 0.2) is 41.1 Å². The van der Waals surface area contributed by atoms with Gasteiger partial charge in [0.2, 0.25) is 0 Å². The number of anilines is 2. The zero-order valence-electron chi connectivity index (χ0n) is 16.2. The van der Waals surface area contributed by atoms with Gasteiger partial charge in [-0.25, -0.2) is 9.37 Å². The predicted octanol–water partition coefficient (Wildman–Crippen LogP) is 4.55. The molecule has 0 fully saturated rings. The topological polar surface area (TPSA) is 58.4 Å². The largest absolute Gasteiger partial charge is 0.448 e. The van der Waals surface area contributed by atoms with Gasteiger partial charge in [0.05, 0.1) is 0 Å². The SMILES string of the molecule is Cc1cc(N2CCc3cc(F)ccc3C2)cc(C)c1NC(=O)c1ncoc1C. The third-order valence-corrected chi connectivity index (χ3v) is 5.26. The molecule has 6 heteroatoms. The fourth-order valence-corrected chi connectivity index (χ4v) is 3.76. The maximum Gasteiger partial charge on any atom is 0.277 e. The Hall–Kier alpha value is -3.15. The summed E-state index contributed by atoms with van der Waals surface area (Å²) in [6, 6.07) is 9.17. The zero-order chi connectivity index (χ0) is 19.8. The monoisotopic (exact) mass is 379 g/mol. The number of amides is 1. The number of aromatic nitrogens is 1. The fraction of sp³-hybridized carbons (Fsp3) is 0.273. The highest BCUT2D eigenvalue weighted by molar-refractivity contribution is 6.04. The number of hydrogen-bond donors (Lipinski definition) is 1. The van der Waals surface area contributed by atoms with Crippen LogP contribution in [0, 0.1) is 26.6 Å². The van der Waals surface area contributed by atoms with Gasteiger partial charge < -0.3 is 14.6 Å². The molecule has 1 N–H and O–H groups in total. The number of hydrogen-bond acceptors (Lipinski definition) is 4. The molecule has 28 heavy (non-hydrogen) atoms. The van der Waals surface area contributed by atoms with Crippen molar-refractivity contribution in [3.63, 3.8) is 0 Å². The van der Waals surface area contributed by atoms with E-state index in [0.29, 0.717) is 11.5 Å². The van der Waals surface area contributed by atoms with Crippen molar-refractivity contribution < 1.29 is 13.6 Å². The van der Waals surface area contributed by atoms with Gasteiger partial charge in [-0.05, 0) is 73.7 Å². The van der Waals surface area contributed by atoms with E-state index in [1.54, 1.807) is 13.0 Å². The molecule has 2 aromatic carbocycles. The lowest BCUT2D eigenvalue weighted by molar-refractivity contribution is 0.102. The molecule has 0 aliphatic carbocycles. The summed E-state index contributed by atoms with van der Waals surface area (Å²) in [5.41, 5.74) is 6.38. The number of benzene rings is 2. The molecule has 1 aliphatic rings. The highest BCUT2D eigenvalue weighted by Gasteiger charge is 2.20. The number of carbonyl (C=O) groups is 1. The smallest absolute Gasteiger partial charge is 0.277 e. The van der Waals surface area contributed by atoms with Crippen LogP contribution in [0.1, 0.15) is 38.5 Å². The summed E-state index contributed by atoms with van der Waals surface area (Å²) >= 11 is 0. The molecule has 0 radical (unpaired) electrons. The van der Waals surface area contributed by atoms with E-state index in [0.717, 1.165) is 53.1 Å². The van der Waals surface area contributed by atoms with Gasteiger partial charge in [0.1, 0.15) is 11.6 Å². The van der Waals surface area contributed by atoms with E-state index in [1.165, 1.54) is 12.5 Å². The molecule has 4 rings (SSSR count). The van der Waals surface area contributed by atoms with Gasteiger partial charge in [-0.15, -0.1) is 0 Å². The highest BCUT2D eigenvalue weighted by Crippen LogP contribution is 2.31. The number of aryl methyl sites for hydroxylation is 3. The Morgan fingerprint density at radius 2 is 1.89 bits per heavy atom. The molecule has 2 heterocycles. The Kier molecular flexibility index (Phi) is 4.63. The molecular formula is C22H22FN3O2. The first-order valence-electron chi connectivity index (χ1n) is 9.27. The quantitative estimate of drug-likeness (QED) is 0.725. The van der Waals surface area contributed by atoms with Crippen LogP contribution in [0.3, 0.4) is 0 Å². The molecule has 0 saturated heterocycles. The first-order valence-corrected chi connectivity index (χ1v) is 9.27.